The van der Waals surface area contributed by atoms with Crippen LogP contribution in [0.1, 0.15) is 15.9 Å². The van der Waals surface area contributed by atoms with Gasteiger partial charge in [0, 0.05) is 0 Å². The van der Waals surface area contributed by atoms with Gasteiger partial charge in [0.1, 0.15) is 18.9 Å². The number of carbonyl (C=O) groups is 1. The monoisotopic (exact) mass is 296 g/mol. The third-order valence-corrected chi connectivity index (χ3v) is 2.39. The van der Waals surface area contributed by atoms with Gasteiger partial charge in [-0.05, 0) is 17.7 Å². The molecule has 1 aromatic heterocycles. The maximum absolute atomic E-state index is 10.7. The standard InChI is InChI=1S/C12H12N2O2.BrH/c1-13-6-7-14(9-13)8-10-2-4-11(5-3-10)12(15)16;/h2-7,9H,8H2,1H3;1H. The van der Waals surface area contributed by atoms with Crippen molar-refractivity contribution in [3.63, 3.8) is 0 Å². The Labute approximate surface area is 110 Å². The van der Waals surface area contributed by atoms with Crippen LogP contribution in [0.2, 0.25) is 0 Å². The highest BCUT2D eigenvalue weighted by Crippen LogP contribution is 2.06. The number of aromatic nitrogens is 2. The molecule has 5 heteroatoms. The smallest absolute Gasteiger partial charge is 0.335 e. The number of aromatic carboxylic acids is 1. The van der Waals surface area contributed by atoms with Gasteiger partial charge in [0.05, 0.1) is 12.6 Å². The number of aryl methyl sites for hydroxylation is 1. The van der Waals surface area contributed by atoms with Crippen LogP contribution in [0.3, 0.4) is 0 Å². The van der Waals surface area contributed by atoms with E-state index >= 15 is 0 Å². The van der Waals surface area contributed by atoms with Gasteiger partial charge in [0.15, 0.2) is 0 Å². The second-order valence-electron chi connectivity index (χ2n) is 3.75. The summed E-state index contributed by atoms with van der Waals surface area (Å²) >= 11 is 0. The molecule has 0 fully saturated rings. The van der Waals surface area contributed by atoms with E-state index in [9.17, 15) is 4.79 Å². The van der Waals surface area contributed by atoms with Gasteiger partial charge in [0.25, 0.3) is 0 Å². The molecule has 0 aliphatic heterocycles. The Morgan fingerprint density at radius 3 is 2.47 bits per heavy atom. The fourth-order valence-electron chi connectivity index (χ4n) is 1.56. The largest absolute Gasteiger partial charge is 1.00 e. The summed E-state index contributed by atoms with van der Waals surface area (Å²) in [6, 6.07) is 6.93. The van der Waals surface area contributed by atoms with Crippen molar-refractivity contribution in [2.24, 2.45) is 7.05 Å². The average molecular weight is 297 g/mol. The van der Waals surface area contributed by atoms with Crippen molar-refractivity contribution >= 4 is 5.97 Å². The minimum absolute atomic E-state index is 0. The molecule has 90 valence electrons. The van der Waals surface area contributed by atoms with Gasteiger partial charge in [-0.2, -0.15) is 0 Å². The molecule has 0 aliphatic rings. The van der Waals surface area contributed by atoms with Crippen LogP contribution in [0, 0.1) is 0 Å². The first-order valence-corrected chi connectivity index (χ1v) is 4.98. The summed E-state index contributed by atoms with van der Waals surface area (Å²) in [4.78, 5) is 10.7. The first kappa shape index (κ1) is 13.4. The lowest BCUT2D eigenvalue weighted by Crippen LogP contribution is -3.00. The molecule has 17 heavy (non-hydrogen) atoms. The Kier molecular flexibility index (Phi) is 4.45. The van der Waals surface area contributed by atoms with Crippen molar-refractivity contribution in [3.05, 3.63) is 54.1 Å². The third kappa shape index (κ3) is 3.42. The van der Waals surface area contributed by atoms with Crippen LogP contribution in [0.25, 0.3) is 0 Å². The summed E-state index contributed by atoms with van der Waals surface area (Å²) in [5, 5.41) is 8.76. The summed E-state index contributed by atoms with van der Waals surface area (Å²) in [5.74, 6) is -0.890. The lowest BCUT2D eigenvalue weighted by Gasteiger charge is -1.98. The molecule has 2 aromatic rings. The predicted octanol–water partition coefficient (Wildman–Crippen LogP) is -1.94. The molecule has 4 nitrogen and oxygen atoms in total. The van der Waals surface area contributed by atoms with Gasteiger partial charge in [-0.15, -0.1) is 0 Å². The number of hydrogen-bond donors (Lipinski definition) is 1. The van der Waals surface area contributed by atoms with Gasteiger partial charge >= 0.3 is 5.97 Å². The highest BCUT2D eigenvalue weighted by Gasteiger charge is 2.04. The van der Waals surface area contributed by atoms with Crippen LogP contribution in [-0.2, 0) is 13.6 Å². The maximum atomic E-state index is 10.7. The molecular formula is C12H13BrN2O2. The molecular weight excluding hydrogens is 284 g/mol. The second-order valence-corrected chi connectivity index (χ2v) is 3.75. The Balaban J connectivity index is 0.00000144. The van der Waals surface area contributed by atoms with Crippen LogP contribution in [0.4, 0.5) is 0 Å². The fourth-order valence-corrected chi connectivity index (χ4v) is 1.56. The SMILES string of the molecule is C[n+]1ccn(Cc2ccc(C(=O)O)cc2)c1.[Br-]. The topological polar surface area (TPSA) is 46.1 Å². The number of rotatable bonds is 3. The zero-order valence-electron chi connectivity index (χ0n) is 9.38. The molecule has 0 aliphatic carbocycles. The van der Waals surface area contributed by atoms with Crippen LogP contribution in [0.5, 0.6) is 0 Å². The minimum atomic E-state index is -0.890. The van der Waals surface area contributed by atoms with Gasteiger partial charge < -0.3 is 22.1 Å². The van der Waals surface area contributed by atoms with Crippen molar-refractivity contribution in [2.45, 2.75) is 6.54 Å². The number of carboxylic acid groups (broad SMARTS) is 1. The summed E-state index contributed by atoms with van der Waals surface area (Å²) in [7, 11) is 1.96. The van der Waals surface area contributed by atoms with Crippen molar-refractivity contribution in [2.75, 3.05) is 0 Å². The van der Waals surface area contributed by atoms with Crippen molar-refractivity contribution in [3.8, 4) is 0 Å². The van der Waals surface area contributed by atoms with Gasteiger partial charge in [-0.3, -0.25) is 0 Å². The van der Waals surface area contributed by atoms with E-state index in [1.807, 2.05) is 47.0 Å². The average Bonchev–Trinajstić information content (AvgIpc) is 2.65. The highest BCUT2D eigenvalue weighted by atomic mass is 79.9. The minimum Gasteiger partial charge on any atom is -1.00 e. The predicted molar refractivity (Wildman–Crippen MR) is 58.1 cm³/mol. The van der Waals surface area contributed by atoms with E-state index in [4.69, 9.17) is 5.11 Å². The van der Waals surface area contributed by atoms with E-state index in [0.29, 0.717) is 5.56 Å². The number of halogens is 1. The van der Waals surface area contributed by atoms with Crippen LogP contribution in [-0.4, -0.2) is 15.6 Å². The van der Waals surface area contributed by atoms with Crippen molar-refractivity contribution in [1.29, 1.82) is 0 Å². The van der Waals surface area contributed by atoms with E-state index in [0.717, 1.165) is 12.1 Å². The van der Waals surface area contributed by atoms with E-state index in [1.165, 1.54) is 0 Å². The highest BCUT2D eigenvalue weighted by molar-refractivity contribution is 5.87. The first-order valence-electron chi connectivity index (χ1n) is 4.98. The molecule has 0 spiro atoms. The van der Waals surface area contributed by atoms with Crippen molar-refractivity contribution in [1.82, 2.24) is 4.57 Å². The molecule has 0 bridgehead atoms. The summed E-state index contributed by atoms with van der Waals surface area (Å²) in [5.41, 5.74) is 1.41. The maximum Gasteiger partial charge on any atom is 0.335 e. The zero-order chi connectivity index (χ0) is 11.5. The van der Waals surface area contributed by atoms with E-state index < -0.39 is 5.97 Å². The van der Waals surface area contributed by atoms with Crippen LogP contribution in [0.15, 0.2) is 43.0 Å². The van der Waals surface area contributed by atoms with Gasteiger partial charge in [0.2, 0.25) is 6.33 Å². The first-order chi connectivity index (χ1) is 7.65. The van der Waals surface area contributed by atoms with E-state index in [1.54, 1.807) is 12.1 Å². The molecule has 0 radical (unpaired) electrons. The van der Waals surface area contributed by atoms with E-state index in [2.05, 4.69) is 0 Å². The molecule has 0 unspecified atom stereocenters. The summed E-state index contributed by atoms with van der Waals surface area (Å²) in [6.07, 6.45) is 5.92. The third-order valence-electron chi connectivity index (χ3n) is 2.39. The molecule has 1 heterocycles. The number of nitrogens with zero attached hydrogens (tertiary/aromatic N) is 2. The second kappa shape index (κ2) is 5.63. The molecule has 1 N–H and O–H groups in total. The van der Waals surface area contributed by atoms with Crippen LogP contribution < -0.4 is 21.5 Å². The number of carboxylic acids is 1. The number of imidazole rings is 1. The Morgan fingerprint density at radius 2 is 2.00 bits per heavy atom. The van der Waals surface area contributed by atoms with Crippen LogP contribution >= 0.6 is 0 Å². The summed E-state index contributed by atoms with van der Waals surface area (Å²) < 4.78 is 4.00. The summed E-state index contributed by atoms with van der Waals surface area (Å²) in [6.45, 7) is 0.751. The number of benzene rings is 1. The lowest BCUT2D eigenvalue weighted by molar-refractivity contribution is -0.671. The van der Waals surface area contributed by atoms with Crippen molar-refractivity contribution < 1.29 is 31.4 Å². The fraction of sp³-hybridized carbons (Fsp3) is 0.167. The Hall–Kier alpha value is -1.62. The normalized spacial score (nSPS) is 9.71. The Bertz CT molecular complexity index is 505. The Morgan fingerprint density at radius 1 is 1.35 bits per heavy atom. The molecule has 0 saturated heterocycles. The quantitative estimate of drug-likeness (QED) is 0.670. The molecule has 0 atom stereocenters. The number of hydrogen-bond acceptors (Lipinski definition) is 1. The molecule has 0 amide bonds. The van der Waals surface area contributed by atoms with Gasteiger partial charge in [-0.25, -0.2) is 13.9 Å². The molecule has 0 saturated carbocycles. The van der Waals surface area contributed by atoms with E-state index in [-0.39, 0.29) is 17.0 Å². The lowest BCUT2D eigenvalue weighted by atomic mass is 10.1. The molecule has 2 rings (SSSR count). The van der Waals surface area contributed by atoms with Gasteiger partial charge in [-0.1, -0.05) is 12.1 Å². The zero-order valence-corrected chi connectivity index (χ0v) is 11.0. The molecule has 1 aromatic carbocycles.